The summed E-state index contributed by atoms with van der Waals surface area (Å²) < 4.78 is 74.7. The van der Waals surface area contributed by atoms with Crippen LogP contribution >= 0.6 is 0 Å². The second-order valence-corrected chi connectivity index (χ2v) is 6.71. The van der Waals surface area contributed by atoms with E-state index in [-0.39, 0.29) is 17.1 Å². The molecular formula is C13H17F4N3O3S. The molecule has 0 aliphatic heterocycles. The van der Waals surface area contributed by atoms with Crippen LogP contribution in [0.3, 0.4) is 0 Å². The van der Waals surface area contributed by atoms with Crippen LogP contribution in [0, 0.1) is 0 Å². The van der Waals surface area contributed by atoms with Gasteiger partial charge >= 0.3 is 18.4 Å². The van der Waals surface area contributed by atoms with Gasteiger partial charge in [-0.1, -0.05) is 6.92 Å². The molecule has 1 aromatic rings. The normalized spacial score (nSPS) is 12.1. The highest BCUT2D eigenvalue weighted by atomic mass is 32.2. The van der Waals surface area contributed by atoms with E-state index < -0.39 is 34.9 Å². The molecule has 136 valence electrons. The van der Waals surface area contributed by atoms with Crippen LogP contribution in [0.25, 0.3) is 0 Å². The average molecular weight is 371 g/mol. The van der Waals surface area contributed by atoms with Gasteiger partial charge in [0.15, 0.2) is 0 Å². The average Bonchev–Trinajstić information content (AvgIpc) is 2.47. The van der Waals surface area contributed by atoms with Crippen molar-refractivity contribution in [3.8, 4) is 0 Å². The monoisotopic (exact) mass is 371 g/mol. The predicted molar refractivity (Wildman–Crippen MR) is 82.1 cm³/mol. The summed E-state index contributed by atoms with van der Waals surface area (Å²) in [5.41, 5.74) is 0.435. The third-order valence-corrected chi connectivity index (χ3v) is 4.19. The molecule has 0 heterocycles. The second-order valence-electron chi connectivity index (χ2n) is 4.87. The number of alkyl halides is 4. The van der Waals surface area contributed by atoms with Gasteiger partial charge in [-0.3, -0.25) is 4.72 Å². The van der Waals surface area contributed by atoms with Crippen LogP contribution < -0.4 is 15.4 Å². The lowest BCUT2D eigenvalue weighted by Gasteiger charge is -2.16. The third kappa shape index (κ3) is 6.60. The summed E-state index contributed by atoms with van der Waals surface area (Å²) in [4.78, 5) is 11.4. The number of hydrogen-bond donors (Lipinski definition) is 3. The van der Waals surface area contributed by atoms with E-state index in [1.807, 2.05) is 0 Å². The first-order valence-corrected chi connectivity index (χ1v) is 8.52. The van der Waals surface area contributed by atoms with Crippen molar-refractivity contribution >= 4 is 27.4 Å². The van der Waals surface area contributed by atoms with E-state index in [1.54, 1.807) is 12.2 Å². The lowest BCUT2D eigenvalue weighted by atomic mass is 10.3. The van der Waals surface area contributed by atoms with Gasteiger partial charge in [-0.15, -0.1) is 0 Å². The Bertz CT molecular complexity index is 651. The van der Waals surface area contributed by atoms with E-state index in [2.05, 4.69) is 10.0 Å². The second kappa shape index (κ2) is 8.18. The number of hydrogen-bond acceptors (Lipinski definition) is 3. The summed E-state index contributed by atoms with van der Waals surface area (Å²) in [6.45, 7) is 0.202. The van der Waals surface area contributed by atoms with Crippen molar-refractivity contribution in [2.24, 2.45) is 0 Å². The van der Waals surface area contributed by atoms with E-state index in [1.165, 1.54) is 24.3 Å². The molecule has 0 aliphatic carbocycles. The molecule has 0 radical (unpaired) electrons. The molecule has 0 unspecified atom stereocenters. The Morgan fingerprint density at radius 2 is 1.71 bits per heavy atom. The lowest BCUT2D eigenvalue weighted by Crippen LogP contribution is -2.42. The Hall–Kier alpha value is -2.04. The van der Waals surface area contributed by atoms with Crippen LogP contribution in [0.5, 0.6) is 0 Å². The fraction of sp³-hybridized carbons (Fsp3) is 0.462. The van der Waals surface area contributed by atoms with Gasteiger partial charge in [-0.05, 0) is 30.7 Å². The molecule has 0 bridgehead atoms. The Kier molecular flexibility index (Phi) is 6.81. The maximum absolute atomic E-state index is 12.7. The highest BCUT2D eigenvalue weighted by Gasteiger charge is 2.40. The van der Waals surface area contributed by atoms with Crippen molar-refractivity contribution < 1.29 is 30.8 Å². The molecule has 0 atom stereocenters. The number of amides is 2. The molecule has 24 heavy (non-hydrogen) atoms. The molecular weight excluding hydrogens is 354 g/mol. The molecule has 3 N–H and O–H groups in total. The number of benzene rings is 1. The molecule has 0 aromatic heterocycles. The Balaban J connectivity index is 2.57. The van der Waals surface area contributed by atoms with Gasteiger partial charge in [0.2, 0.25) is 10.0 Å². The Morgan fingerprint density at radius 3 is 2.21 bits per heavy atom. The standard InChI is InChI=1S/C13H17F4N3O3S/c1-2-7-24(22,23)20-10-5-3-9(4-6-10)19-12(21)18-8-13(16,17)11(14)15/h3-6,11,20H,2,7-8H2,1H3,(H2,18,19,21). The fourth-order valence-corrected chi connectivity index (χ4v) is 2.71. The summed E-state index contributed by atoms with van der Waals surface area (Å²) in [5, 5.41) is 3.79. The number of urea groups is 1. The number of carbonyl (C=O) groups excluding carboxylic acids is 1. The maximum atomic E-state index is 12.7. The van der Waals surface area contributed by atoms with Crippen molar-refractivity contribution in [3.63, 3.8) is 0 Å². The summed E-state index contributed by atoms with van der Waals surface area (Å²) in [6, 6.07) is 4.28. The summed E-state index contributed by atoms with van der Waals surface area (Å²) in [5.74, 6) is -4.37. The van der Waals surface area contributed by atoms with Crippen LogP contribution in [-0.4, -0.2) is 39.1 Å². The fourth-order valence-electron chi connectivity index (χ4n) is 1.57. The van der Waals surface area contributed by atoms with Crippen LogP contribution in [0.15, 0.2) is 24.3 Å². The molecule has 1 rings (SSSR count). The zero-order chi connectivity index (χ0) is 18.4. The SMILES string of the molecule is CCCS(=O)(=O)Nc1ccc(NC(=O)NCC(F)(F)C(F)F)cc1. The molecule has 0 fully saturated rings. The molecule has 11 heteroatoms. The minimum atomic E-state index is -4.32. The van der Waals surface area contributed by atoms with Crippen molar-refractivity contribution in [2.45, 2.75) is 25.7 Å². The van der Waals surface area contributed by atoms with E-state index in [4.69, 9.17) is 0 Å². The van der Waals surface area contributed by atoms with Crippen molar-refractivity contribution in [1.29, 1.82) is 0 Å². The van der Waals surface area contributed by atoms with E-state index >= 15 is 0 Å². The van der Waals surface area contributed by atoms with Crippen molar-refractivity contribution in [2.75, 3.05) is 22.3 Å². The topological polar surface area (TPSA) is 87.3 Å². The first-order chi connectivity index (χ1) is 11.1. The lowest BCUT2D eigenvalue weighted by molar-refractivity contribution is -0.123. The molecule has 6 nitrogen and oxygen atoms in total. The van der Waals surface area contributed by atoms with Gasteiger partial charge in [-0.25, -0.2) is 22.0 Å². The highest BCUT2D eigenvalue weighted by molar-refractivity contribution is 7.92. The zero-order valence-electron chi connectivity index (χ0n) is 12.7. The highest BCUT2D eigenvalue weighted by Crippen LogP contribution is 2.21. The van der Waals surface area contributed by atoms with E-state index in [9.17, 15) is 30.8 Å². The molecule has 1 aromatic carbocycles. The molecule has 0 aliphatic rings. The summed E-state index contributed by atoms with van der Waals surface area (Å²) >= 11 is 0. The molecule has 0 spiro atoms. The van der Waals surface area contributed by atoms with Crippen LogP contribution in [-0.2, 0) is 10.0 Å². The first kappa shape index (κ1) is 20.0. The predicted octanol–water partition coefficient (Wildman–Crippen LogP) is 2.86. The van der Waals surface area contributed by atoms with Crippen LogP contribution in [0.2, 0.25) is 0 Å². The summed E-state index contributed by atoms with van der Waals surface area (Å²) in [7, 11) is -3.46. The quantitative estimate of drug-likeness (QED) is 0.614. The van der Waals surface area contributed by atoms with Gasteiger partial charge < -0.3 is 10.6 Å². The van der Waals surface area contributed by atoms with Gasteiger partial charge in [0.1, 0.15) is 0 Å². The number of carbonyl (C=O) groups is 1. The zero-order valence-corrected chi connectivity index (χ0v) is 13.5. The molecule has 2 amide bonds. The Morgan fingerprint density at radius 1 is 1.17 bits per heavy atom. The third-order valence-electron chi connectivity index (χ3n) is 2.69. The number of rotatable bonds is 8. The minimum Gasteiger partial charge on any atom is -0.332 e. The largest absolute Gasteiger partial charge is 0.332 e. The van der Waals surface area contributed by atoms with Gasteiger partial charge in [0.05, 0.1) is 12.3 Å². The smallest absolute Gasteiger partial charge is 0.324 e. The number of sulfonamides is 1. The number of anilines is 2. The van der Waals surface area contributed by atoms with Crippen LogP contribution in [0.1, 0.15) is 13.3 Å². The maximum Gasteiger partial charge on any atom is 0.324 e. The molecule has 0 saturated heterocycles. The van der Waals surface area contributed by atoms with E-state index in [0.29, 0.717) is 6.42 Å². The van der Waals surface area contributed by atoms with Crippen LogP contribution in [0.4, 0.5) is 33.7 Å². The van der Waals surface area contributed by atoms with E-state index in [0.717, 1.165) is 0 Å². The van der Waals surface area contributed by atoms with Gasteiger partial charge in [0.25, 0.3) is 0 Å². The Labute approximate surface area is 136 Å². The molecule has 0 saturated carbocycles. The minimum absolute atomic E-state index is 0.0479. The number of halogens is 4. The summed E-state index contributed by atoms with van der Waals surface area (Å²) in [6.07, 6.45) is -3.44. The van der Waals surface area contributed by atoms with Gasteiger partial charge in [-0.2, -0.15) is 8.78 Å². The van der Waals surface area contributed by atoms with Crippen molar-refractivity contribution in [3.05, 3.63) is 24.3 Å². The van der Waals surface area contributed by atoms with Gasteiger partial charge in [0, 0.05) is 11.4 Å². The first-order valence-electron chi connectivity index (χ1n) is 6.87. The number of nitrogens with one attached hydrogen (secondary N) is 3. The van der Waals surface area contributed by atoms with Crippen molar-refractivity contribution in [1.82, 2.24) is 5.32 Å².